The van der Waals surface area contributed by atoms with Gasteiger partial charge in [-0.15, -0.1) is 0 Å². The number of ketones is 1. The molecule has 0 amide bonds. The van der Waals surface area contributed by atoms with Crippen LogP contribution in [0.4, 0.5) is 0 Å². The summed E-state index contributed by atoms with van der Waals surface area (Å²) in [5.41, 5.74) is 0.343. The standard InChI is InChI=1S/C17H31NOS/c1-16(2,3)14-6-7-15(19)13(10-14)11-18-8-9-20-17(4,5)12-18/h13-14H,6-12H2,1-5H3. The quantitative estimate of drug-likeness (QED) is 0.772. The Bertz CT molecular complexity index is 358. The molecule has 2 rings (SSSR count). The molecule has 0 bridgehead atoms. The molecule has 1 aliphatic heterocycles. The Balaban J connectivity index is 1.95. The van der Waals surface area contributed by atoms with Crippen molar-refractivity contribution in [3.05, 3.63) is 0 Å². The molecule has 20 heavy (non-hydrogen) atoms. The molecule has 2 fully saturated rings. The predicted octanol–water partition coefficient (Wildman–Crippen LogP) is 3.85. The number of rotatable bonds is 2. The zero-order chi connectivity index (χ0) is 15.0. The molecular weight excluding hydrogens is 266 g/mol. The van der Waals surface area contributed by atoms with Gasteiger partial charge in [0.1, 0.15) is 5.78 Å². The van der Waals surface area contributed by atoms with Crippen molar-refractivity contribution in [1.82, 2.24) is 4.90 Å². The van der Waals surface area contributed by atoms with E-state index in [0.717, 1.165) is 38.9 Å². The fraction of sp³-hybridized carbons (Fsp3) is 0.941. The van der Waals surface area contributed by atoms with Gasteiger partial charge in [0.15, 0.2) is 0 Å². The van der Waals surface area contributed by atoms with Gasteiger partial charge >= 0.3 is 0 Å². The highest BCUT2D eigenvalue weighted by atomic mass is 32.2. The van der Waals surface area contributed by atoms with Crippen molar-refractivity contribution in [2.45, 2.75) is 58.6 Å². The number of carbonyl (C=O) groups is 1. The fourth-order valence-electron chi connectivity index (χ4n) is 3.66. The van der Waals surface area contributed by atoms with E-state index in [1.807, 2.05) is 0 Å². The van der Waals surface area contributed by atoms with Crippen molar-refractivity contribution in [1.29, 1.82) is 0 Å². The Hall–Kier alpha value is -0.0200. The zero-order valence-corrected chi connectivity index (χ0v) is 14.7. The minimum Gasteiger partial charge on any atom is -0.300 e. The van der Waals surface area contributed by atoms with Crippen molar-refractivity contribution in [3.8, 4) is 0 Å². The van der Waals surface area contributed by atoms with Crippen LogP contribution in [0.1, 0.15) is 53.9 Å². The van der Waals surface area contributed by atoms with E-state index in [9.17, 15) is 4.79 Å². The summed E-state index contributed by atoms with van der Waals surface area (Å²) in [6.45, 7) is 14.9. The van der Waals surface area contributed by atoms with E-state index in [4.69, 9.17) is 0 Å². The Morgan fingerprint density at radius 1 is 1.35 bits per heavy atom. The summed E-state index contributed by atoms with van der Waals surface area (Å²) in [4.78, 5) is 14.8. The molecule has 0 radical (unpaired) electrons. The Kier molecular flexibility index (Phi) is 4.91. The van der Waals surface area contributed by atoms with Gasteiger partial charge < -0.3 is 4.90 Å². The second-order valence-electron chi connectivity index (χ2n) is 8.34. The highest BCUT2D eigenvalue weighted by Gasteiger charge is 2.37. The van der Waals surface area contributed by atoms with Crippen LogP contribution in [0.25, 0.3) is 0 Å². The van der Waals surface area contributed by atoms with Crippen LogP contribution in [0.5, 0.6) is 0 Å². The number of carbonyl (C=O) groups excluding carboxylic acids is 1. The first-order valence-electron chi connectivity index (χ1n) is 8.06. The summed E-state index contributed by atoms with van der Waals surface area (Å²) in [6.07, 6.45) is 3.01. The molecule has 116 valence electrons. The van der Waals surface area contributed by atoms with Gasteiger partial charge in [0.25, 0.3) is 0 Å². The van der Waals surface area contributed by atoms with Gasteiger partial charge in [0.05, 0.1) is 0 Å². The van der Waals surface area contributed by atoms with Crippen LogP contribution in [0.3, 0.4) is 0 Å². The summed E-state index contributed by atoms with van der Waals surface area (Å²) in [7, 11) is 0. The molecule has 1 saturated heterocycles. The van der Waals surface area contributed by atoms with Crippen LogP contribution >= 0.6 is 11.8 Å². The summed E-state index contributed by atoms with van der Waals surface area (Å²) in [5, 5.41) is 0. The number of thioether (sulfide) groups is 1. The van der Waals surface area contributed by atoms with Gasteiger partial charge in [-0.2, -0.15) is 11.8 Å². The molecule has 2 atom stereocenters. The second kappa shape index (κ2) is 6.00. The second-order valence-corrected chi connectivity index (χ2v) is 10.1. The first kappa shape index (κ1) is 16.4. The molecular formula is C17H31NOS. The Morgan fingerprint density at radius 2 is 2.05 bits per heavy atom. The number of nitrogens with zero attached hydrogens (tertiary/aromatic N) is 1. The maximum atomic E-state index is 12.3. The molecule has 0 aromatic carbocycles. The van der Waals surface area contributed by atoms with Gasteiger partial charge in [0.2, 0.25) is 0 Å². The average molecular weight is 298 g/mol. The lowest BCUT2D eigenvalue weighted by Crippen LogP contribution is -2.47. The lowest BCUT2D eigenvalue weighted by atomic mass is 9.68. The number of hydrogen-bond donors (Lipinski definition) is 0. The van der Waals surface area contributed by atoms with E-state index in [2.05, 4.69) is 51.3 Å². The lowest BCUT2D eigenvalue weighted by Gasteiger charge is -2.42. The minimum absolute atomic E-state index is 0.284. The minimum atomic E-state index is 0.284. The Labute approximate surface area is 129 Å². The van der Waals surface area contributed by atoms with Gasteiger partial charge in [-0.05, 0) is 38.0 Å². The van der Waals surface area contributed by atoms with E-state index < -0.39 is 0 Å². The van der Waals surface area contributed by atoms with Gasteiger partial charge in [0, 0.05) is 42.5 Å². The molecule has 1 heterocycles. The highest BCUT2D eigenvalue weighted by molar-refractivity contribution is 8.00. The van der Waals surface area contributed by atoms with Crippen LogP contribution in [-0.4, -0.2) is 40.8 Å². The van der Waals surface area contributed by atoms with Crippen molar-refractivity contribution in [3.63, 3.8) is 0 Å². The van der Waals surface area contributed by atoms with Crippen LogP contribution in [-0.2, 0) is 4.79 Å². The number of Topliss-reactive ketones (excluding diaryl/α,β-unsaturated/α-hetero) is 1. The van der Waals surface area contributed by atoms with Crippen molar-refractivity contribution in [2.75, 3.05) is 25.4 Å². The molecule has 2 nitrogen and oxygen atoms in total. The van der Waals surface area contributed by atoms with Crippen LogP contribution in [0, 0.1) is 17.3 Å². The maximum Gasteiger partial charge on any atom is 0.137 e. The van der Waals surface area contributed by atoms with Crippen LogP contribution < -0.4 is 0 Å². The van der Waals surface area contributed by atoms with Crippen LogP contribution in [0.2, 0.25) is 0 Å². The first-order chi connectivity index (χ1) is 9.17. The highest BCUT2D eigenvalue weighted by Crippen LogP contribution is 2.39. The van der Waals surface area contributed by atoms with Gasteiger partial charge in [-0.3, -0.25) is 4.79 Å². The van der Waals surface area contributed by atoms with E-state index >= 15 is 0 Å². The monoisotopic (exact) mass is 297 g/mol. The lowest BCUT2D eigenvalue weighted by molar-refractivity contribution is -0.127. The van der Waals surface area contributed by atoms with E-state index in [1.165, 1.54) is 5.75 Å². The molecule has 2 unspecified atom stereocenters. The molecule has 1 aliphatic carbocycles. The summed E-state index contributed by atoms with van der Waals surface area (Å²) in [6, 6.07) is 0. The molecule has 0 aromatic rings. The van der Waals surface area contributed by atoms with Crippen LogP contribution in [0.15, 0.2) is 0 Å². The van der Waals surface area contributed by atoms with E-state index in [1.54, 1.807) is 0 Å². The average Bonchev–Trinajstić information content (AvgIpc) is 2.29. The summed E-state index contributed by atoms with van der Waals surface area (Å²) in [5.74, 6) is 2.71. The summed E-state index contributed by atoms with van der Waals surface area (Å²) < 4.78 is 0.347. The SMILES string of the molecule is CC1(C)CN(CC2CC(C(C)(C)C)CCC2=O)CCS1. The molecule has 3 heteroatoms. The Morgan fingerprint density at radius 3 is 2.65 bits per heavy atom. The van der Waals surface area contributed by atoms with E-state index in [0.29, 0.717) is 21.9 Å². The van der Waals surface area contributed by atoms with Crippen molar-refractivity contribution in [2.24, 2.45) is 17.3 Å². The zero-order valence-electron chi connectivity index (χ0n) is 13.9. The predicted molar refractivity (Wildman–Crippen MR) is 88.3 cm³/mol. The molecule has 0 spiro atoms. The molecule has 0 aromatic heterocycles. The largest absolute Gasteiger partial charge is 0.300 e. The normalized spacial score (nSPS) is 32.4. The third-order valence-corrected chi connectivity index (χ3v) is 6.27. The van der Waals surface area contributed by atoms with E-state index in [-0.39, 0.29) is 5.92 Å². The molecule has 0 N–H and O–H groups in total. The molecule has 1 saturated carbocycles. The van der Waals surface area contributed by atoms with Crippen molar-refractivity contribution >= 4 is 17.5 Å². The third kappa shape index (κ3) is 4.24. The van der Waals surface area contributed by atoms with Crippen molar-refractivity contribution < 1.29 is 4.79 Å². The van der Waals surface area contributed by atoms with Gasteiger partial charge in [-0.25, -0.2) is 0 Å². The first-order valence-corrected chi connectivity index (χ1v) is 9.05. The number of hydrogen-bond acceptors (Lipinski definition) is 3. The topological polar surface area (TPSA) is 20.3 Å². The molecule has 2 aliphatic rings. The third-order valence-electron chi connectivity index (χ3n) is 4.97. The smallest absolute Gasteiger partial charge is 0.137 e. The summed E-state index contributed by atoms with van der Waals surface area (Å²) >= 11 is 2.07. The van der Waals surface area contributed by atoms with Gasteiger partial charge in [-0.1, -0.05) is 20.8 Å². The fourth-order valence-corrected chi connectivity index (χ4v) is 4.83. The maximum absolute atomic E-state index is 12.3.